The van der Waals surface area contributed by atoms with E-state index in [0.717, 1.165) is 10.0 Å². The zero-order valence-corrected chi connectivity index (χ0v) is 13.2. The van der Waals surface area contributed by atoms with Crippen LogP contribution in [0.5, 0.6) is 5.75 Å². The largest absolute Gasteiger partial charge is 0.496 e. The highest BCUT2D eigenvalue weighted by Crippen LogP contribution is 2.39. The van der Waals surface area contributed by atoms with Crippen molar-refractivity contribution in [3.8, 4) is 5.75 Å². The molecule has 0 spiro atoms. The first-order valence-electron chi connectivity index (χ1n) is 5.87. The number of benzene rings is 2. The Balaban J connectivity index is 2.59. The van der Waals surface area contributed by atoms with Crippen molar-refractivity contribution in [2.75, 3.05) is 7.11 Å². The van der Waals surface area contributed by atoms with Gasteiger partial charge in [0, 0.05) is 15.6 Å². The number of methoxy groups -OCH3 is 1. The fourth-order valence-corrected chi connectivity index (χ4v) is 2.69. The molecule has 0 bridgehead atoms. The first kappa shape index (κ1) is 15.3. The predicted molar refractivity (Wildman–Crippen MR) is 79.5 cm³/mol. The van der Waals surface area contributed by atoms with Gasteiger partial charge in [-0.05, 0) is 36.8 Å². The quantitative estimate of drug-likeness (QED) is 0.668. The second-order valence-electron chi connectivity index (χ2n) is 4.34. The lowest BCUT2D eigenvalue weighted by Crippen LogP contribution is -2.03. The molecule has 2 aromatic carbocycles. The summed E-state index contributed by atoms with van der Waals surface area (Å²) >= 11 is 9.66. The van der Waals surface area contributed by atoms with Gasteiger partial charge >= 0.3 is 0 Å². The molecular weight excluding hydrogens is 350 g/mol. The highest BCUT2D eigenvalue weighted by atomic mass is 79.9. The fraction of sp³-hybridized carbons (Fsp3) is 0.200. The summed E-state index contributed by atoms with van der Waals surface area (Å²) in [5, 5.41) is -0.969. The van der Waals surface area contributed by atoms with Gasteiger partial charge < -0.3 is 4.74 Å². The molecule has 0 saturated heterocycles. The lowest BCUT2D eigenvalue weighted by Gasteiger charge is -2.17. The third-order valence-corrected chi connectivity index (χ3v) is 4.34. The molecule has 0 aliphatic rings. The zero-order chi connectivity index (χ0) is 14.9. The Morgan fingerprint density at radius 3 is 2.35 bits per heavy atom. The Kier molecular flexibility index (Phi) is 4.66. The topological polar surface area (TPSA) is 9.23 Å². The molecule has 2 rings (SSSR count). The number of hydrogen-bond donors (Lipinski definition) is 0. The molecular formula is C15H12BrClF2O. The summed E-state index contributed by atoms with van der Waals surface area (Å²) < 4.78 is 33.7. The first-order valence-corrected chi connectivity index (χ1v) is 7.10. The monoisotopic (exact) mass is 360 g/mol. The van der Waals surface area contributed by atoms with E-state index in [1.54, 1.807) is 12.1 Å². The van der Waals surface area contributed by atoms with Gasteiger partial charge in [-0.25, -0.2) is 8.78 Å². The summed E-state index contributed by atoms with van der Waals surface area (Å²) in [6.07, 6.45) is 0. The molecule has 0 aliphatic heterocycles. The van der Waals surface area contributed by atoms with E-state index in [1.165, 1.54) is 25.3 Å². The third kappa shape index (κ3) is 2.81. The normalized spacial score (nSPS) is 12.3. The second kappa shape index (κ2) is 6.10. The van der Waals surface area contributed by atoms with Crippen LogP contribution in [0.2, 0.25) is 0 Å². The van der Waals surface area contributed by atoms with Gasteiger partial charge in [0.05, 0.1) is 12.5 Å². The molecule has 0 fully saturated rings. The van der Waals surface area contributed by atoms with Crippen LogP contribution in [-0.4, -0.2) is 7.11 Å². The minimum Gasteiger partial charge on any atom is -0.496 e. The van der Waals surface area contributed by atoms with E-state index in [0.29, 0.717) is 11.3 Å². The van der Waals surface area contributed by atoms with E-state index >= 15 is 0 Å². The number of rotatable bonds is 3. The highest BCUT2D eigenvalue weighted by molar-refractivity contribution is 9.10. The lowest BCUT2D eigenvalue weighted by atomic mass is 10.0. The van der Waals surface area contributed by atoms with Crippen molar-refractivity contribution in [3.63, 3.8) is 0 Å². The summed E-state index contributed by atoms with van der Waals surface area (Å²) in [5.74, 6) is -0.860. The zero-order valence-electron chi connectivity index (χ0n) is 10.9. The number of alkyl halides is 1. The van der Waals surface area contributed by atoms with Gasteiger partial charge in [-0.3, -0.25) is 0 Å². The Hall–Kier alpha value is -1.13. The van der Waals surface area contributed by atoms with Crippen LogP contribution < -0.4 is 4.74 Å². The lowest BCUT2D eigenvalue weighted by molar-refractivity contribution is 0.409. The standard InChI is InChI=1S/C15H12BrClF2O/c1-8-6-13(20-2)9(7-10(8)16)15(17)14-11(18)4-3-5-12(14)19/h3-7,15H,1-2H3. The summed E-state index contributed by atoms with van der Waals surface area (Å²) in [4.78, 5) is 0. The van der Waals surface area contributed by atoms with Gasteiger partial charge in [-0.2, -0.15) is 0 Å². The van der Waals surface area contributed by atoms with Gasteiger partial charge in [-0.15, -0.1) is 11.6 Å². The van der Waals surface area contributed by atoms with Gasteiger partial charge in [0.25, 0.3) is 0 Å². The Morgan fingerprint density at radius 1 is 1.20 bits per heavy atom. The molecule has 2 aromatic rings. The van der Waals surface area contributed by atoms with Crippen LogP contribution in [0.4, 0.5) is 8.78 Å². The number of aryl methyl sites for hydroxylation is 1. The highest BCUT2D eigenvalue weighted by Gasteiger charge is 2.23. The summed E-state index contributed by atoms with van der Waals surface area (Å²) in [5.41, 5.74) is 1.28. The Labute approximate surface area is 129 Å². The van der Waals surface area contributed by atoms with Crippen molar-refractivity contribution in [2.24, 2.45) is 0 Å². The maximum atomic E-state index is 13.8. The van der Waals surface area contributed by atoms with Crippen LogP contribution in [0.25, 0.3) is 0 Å². The summed E-state index contributed by atoms with van der Waals surface area (Å²) in [6, 6.07) is 7.17. The van der Waals surface area contributed by atoms with Crippen LogP contribution in [-0.2, 0) is 0 Å². The predicted octanol–water partition coefficient (Wildman–Crippen LogP) is 5.37. The molecule has 0 aromatic heterocycles. The van der Waals surface area contributed by atoms with E-state index in [1.807, 2.05) is 6.92 Å². The summed E-state index contributed by atoms with van der Waals surface area (Å²) in [6.45, 7) is 1.89. The van der Waals surface area contributed by atoms with Crippen LogP contribution in [0.15, 0.2) is 34.8 Å². The number of halogens is 4. The van der Waals surface area contributed by atoms with Crippen molar-refractivity contribution >= 4 is 27.5 Å². The SMILES string of the molecule is COc1cc(C)c(Br)cc1C(Cl)c1c(F)cccc1F. The van der Waals surface area contributed by atoms with E-state index in [-0.39, 0.29) is 5.56 Å². The van der Waals surface area contributed by atoms with E-state index in [9.17, 15) is 8.78 Å². The first-order chi connectivity index (χ1) is 9.45. The van der Waals surface area contributed by atoms with Crippen molar-refractivity contribution in [1.82, 2.24) is 0 Å². The van der Waals surface area contributed by atoms with E-state index in [2.05, 4.69) is 15.9 Å². The van der Waals surface area contributed by atoms with Gasteiger partial charge in [-0.1, -0.05) is 22.0 Å². The maximum Gasteiger partial charge on any atom is 0.131 e. The molecule has 0 N–H and O–H groups in total. The van der Waals surface area contributed by atoms with Crippen molar-refractivity contribution in [2.45, 2.75) is 12.3 Å². The smallest absolute Gasteiger partial charge is 0.131 e. The number of ether oxygens (including phenoxy) is 1. The van der Waals surface area contributed by atoms with E-state index in [4.69, 9.17) is 16.3 Å². The van der Waals surface area contributed by atoms with Crippen molar-refractivity contribution in [1.29, 1.82) is 0 Å². The molecule has 106 valence electrons. The molecule has 0 amide bonds. The third-order valence-electron chi connectivity index (χ3n) is 3.04. The van der Waals surface area contributed by atoms with Crippen LogP contribution in [0.1, 0.15) is 22.1 Å². The Morgan fingerprint density at radius 2 is 1.80 bits per heavy atom. The van der Waals surface area contributed by atoms with Gasteiger partial charge in [0.1, 0.15) is 17.4 Å². The molecule has 0 radical (unpaired) electrons. The second-order valence-corrected chi connectivity index (χ2v) is 5.63. The maximum absolute atomic E-state index is 13.8. The van der Waals surface area contributed by atoms with Crippen molar-refractivity contribution in [3.05, 3.63) is 63.1 Å². The van der Waals surface area contributed by atoms with Crippen LogP contribution >= 0.6 is 27.5 Å². The molecule has 0 aliphatic carbocycles. The van der Waals surface area contributed by atoms with Gasteiger partial charge in [0.2, 0.25) is 0 Å². The van der Waals surface area contributed by atoms with Crippen LogP contribution in [0, 0.1) is 18.6 Å². The molecule has 5 heteroatoms. The minimum absolute atomic E-state index is 0.178. The molecule has 1 nitrogen and oxygen atoms in total. The van der Waals surface area contributed by atoms with Gasteiger partial charge in [0.15, 0.2) is 0 Å². The summed E-state index contributed by atoms with van der Waals surface area (Å²) in [7, 11) is 1.49. The average molecular weight is 362 g/mol. The van der Waals surface area contributed by atoms with E-state index < -0.39 is 17.0 Å². The fourth-order valence-electron chi connectivity index (χ4n) is 1.95. The minimum atomic E-state index is -0.969. The van der Waals surface area contributed by atoms with Crippen molar-refractivity contribution < 1.29 is 13.5 Å². The molecule has 1 atom stereocenters. The molecule has 20 heavy (non-hydrogen) atoms. The van der Waals surface area contributed by atoms with Crippen LogP contribution in [0.3, 0.4) is 0 Å². The Bertz CT molecular complexity index is 626. The average Bonchev–Trinajstić information content (AvgIpc) is 2.41. The molecule has 0 saturated carbocycles. The molecule has 0 heterocycles. The number of hydrogen-bond acceptors (Lipinski definition) is 1. The molecule has 1 unspecified atom stereocenters.